The molecule has 1 aliphatic heterocycles. The SMILES string of the molecule is COc1ccc(CN2C(=O)c3cc4sccc4n3CC2(C)C(=O)NC2CCCC2)cc1. The number of aromatic nitrogens is 1. The summed E-state index contributed by atoms with van der Waals surface area (Å²) in [5, 5.41) is 5.27. The molecule has 1 N–H and O–H groups in total. The summed E-state index contributed by atoms with van der Waals surface area (Å²) in [5.74, 6) is 0.600. The highest BCUT2D eigenvalue weighted by molar-refractivity contribution is 7.17. The van der Waals surface area contributed by atoms with Crippen LogP contribution < -0.4 is 10.1 Å². The van der Waals surface area contributed by atoms with E-state index in [0.29, 0.717) is 18.8 Å². The highest BCUT2D eigenvalue weighted by Gasteiger charge is 2.48. The van der Waals surface area contributed by atoms with Crippen LogP contribution in [0.3, 0.4) is 0 Å². The van der Waals surface area contributed by atoms with Crippen LogP contribution in [0.4, 0.5) is 0 Å². The zero-order valence-electron chi connectivity index (χ0n) is 17.9. The molecule has 2 aliphatic rings. The summed E-state index contributed by atoms with van der Waals surface area (Å²) in [6, 6.07) is 11.9. The third kappa shape index (κ3) is 3.41. The molecule has 0 radical (unpaired) electrons. The van der Waals surface area contributed by atoms with Gasteiger partial charge >= 0.3 is 0 Å². The molecule has 3 heterocycles. The minimum atomic E-state index is -0.972. The molecule has 1 unspecified atom stereocenters. The summed E-state index contributed by atoms with van der Waals surface area (Å²) < 4.78 is 8.36. The summed E-state index contributed by atoms with van der Waals surface area (Å²) in [5.41, 5.74) is 1.68. The summed E-state index contributed by atoms with van der Waals surface area (Å²) in [6.07, 6.45) is 4.32. The maximum atomic E-state index is 13.7. The van der Waals surface area contributed by atoms with E-state index in [1.165, 1.54) is 0 Å². The molecule has 1 fully saturated rings. The molecule has 0 saturated heterocycles. The Kier molecular flexibility index (Phi) is 5.01. The fourth-order valence-electron chi connectivity index (χ4n) is 4.85. The molecule has 3 aromatic rings. The molecule has 1 saturated carbocycles. The second-order valence-electron chi connectivity index (χ2n) is 8.75. The first kappa shape index (κ1) is 20.1. The third-order valence-electron chi connectivity index (χ3n) is 6.73. The lowest BCUT2D eigenvalue weighted by atomic mass is 9.93. The predicted molar refractivity (Wildman–Crippen MR) is 121 cm³/mol. The lowest BCUT2D eigenvalue weighted by Gasteiger charge is -2.44. The molecule has 5 rings (SSSR count). The molecule has 0 spiro atoms. The second kappa shape index (κ2) is 7.71. The van der Waals surface area contributed by atoms with E-state index in [-0.39, 0.29) is 17.9 Å². The van der Waals surface area contributed by atoms with Gasteiger partial charge in [0.25, 0.3) is 5.91 Å². The quantitative estimate of drug-likeness (QED) is 0.651. The van der Waals surface area contributed by atoms with Gasteiger partial charge in [-0.1, -0.05) is 25.0 Å². The largest absolute Gasteiger partial charge is 0.497 e. The molecule has 7 heteroatoms. The van der Waals surface area contributed by atoms with Gasteiger partial charge in [0.05, 0.1) is 23.9 Å². The van der Waals surface area contributed by atoms with E-state index in [1.807, 2.05) is 53.3 Å². The van der Waals surface area contributed by atoms with Crippen LogP contribution in [0.25, 0.3) is 10.2 Å². The van der Waals surface area contributed by atoms with E-state index < -0.39 is 5.54 Å². The normalized spacial score (nSPS) is 21.5. The van der Waals surface area contributed by atoms with E-state index in [4.69, 9.17) is 4.74 Å². The summed E-state index contributed by atoms with van der Waals surface area (Å²) >= 11 is 1.62. The highest BCUT2D eigenvalue weighted by atomic mass is 32.1. The molecule has 162 valence electrons. The molecule has 2 aromatic heterocycles. The Morgan fingerprint density at radius 2 is 1.97 bits per heavy atom. The number of nitrogens with one attached hydrogen (secondary N) is 1. The minimum Gasteiger partial charge on any atom is -0.497 e. The Morgan fingerprint density at radius 1 is 1.23 bits per heavy atom. The van der Waals surface area contributed by atoms with Crippen molar-refractivity contribution in [2.24, 2.45) is 0 Å². The lowest BCUT2D eigenvalue weighted by Crippen LogP contribution is -2.64. The number of ether oxygens (including phenoxy) is 1. The monoisotopic (exact) mass is 437 g/mol. The fraction of sp³-hybridized carbons (Fsp3) is 0.417. The zero-order valence-corrected chi connectivity index (χ0v) is 18.7. The van der Waals surface area contributed by atoms with E-state index in [9.17, 15) is 9.59 Å². The van der Waals surface area contributed by atoms with Gasteiger partial charge in [0.15, 0.2) is 0 Å². The van der Waals surface area contributed by atoms with Crippen molar-refractivity contribution in [1.82, 2.24) is 14.8 Å². The van der Waals surface area contributed by atoms with Crippen LogP contribution in [-0.2, 0) is 17.9 Å². The Morgan fingerprint density at radius 3 is 2.68 bits per heavy atom. The number of nitrogens with zero attached hydrogens (tertiary/aromatic N) is 2. The van der Waals surface area contributed by atoms with E-state index in [2.05, 4.69) is 5.32 Å². The summed E-state index contributed by atoms with van der Waals surface area (Å²) in [6.45, 7) is 2.72. The van der Waals surface area contributed by atoms with Gasteiger partial charge in [0.1, 0.15) is 17.0 Å². The molecular weight excluding hydrogens is 410 g/mol. The minimum absolute atomic E-state index is 0.0657. The first-order chi connectivity index (χ1) is 15.0. The average molecular weight is 438 g/mol. The first-order valence-electron chi connectivity index (χ1n) is 10.8. The number of hydrogen-bond acceptors (Lipinski definition) is 4. The van der Waals surface area contributed by atoms with Crippen molar-refractivity contribution in [2.45, 2.75) is 57.3 Å². The molecule has 1 atom stereocenters. The number of carbonyl (C=O) groups excluding carboxylic acids is 2. The average Bonchev–Trinajstić information content (AvgIpc) is 3.50. The van der Waals surface area contributed by atoms with Crippen LogP contribution in [-0.4, -0.2) is 40.0 Å². The van der Waals surface area contributed by atoms with Crippen molar-refractivity contribution >= 4 is 33.4 Å². The molecule has 31 heavy (non-hydrogen) atoms. The van der Waals surface area contributed by atoms with Gasteiger partial charge in [-0.25, -0.2) is 0 Å². The number of carbonyl (C=O) groups is 2. The summed E-state index contributed by atoms with van der Waals surface area (Å²) in [4.78, 5) is 29.0. The van der Waals surface area contributed by atoms with Crippen molar-refractivity contribution in [1.29, 1.82) is 0 Å². The Hall–Kier alpha value is -2.80. The number of rotatable bonds is 5. The fourth-order valence-corrected chi connectivity index (χ4v) is 5.67. The maximum Gasteiger partial charge on any atom is 0.271 e. The predicted octanol–water partition coefficient (Wildman–Crippen LogP) is 4.18. The van der Waals surface area contributed by atoms with Crippen LogP contribution in [0.2, 0.25) is 0 Å². The van der Waals surface area contributed by atoms with Gasteiger partial charge < -0.3 is 19.5 Å². The Bertz CT molecular complexity index is 1130. The summed E-state index contributed by atoms with van der Waals surface area (Å²) in [7, 11) is 1.63. The van der Waals surface area contributed by atoms with Gasteiger partial charge in [-0.05, 0) is 55.0 Å². The van der Waals surface area contributed by atoms with Crippen LogP contribution >= 0.6 is 11.3 Å². The standard InChI is InChI=1S/C24H27N3O3S/c1-24(23(29)25-17-5-3-4-6-17)15-26-19-11-12-31-21(19)13-20(26)22(28)27(24)14-16-7-9-18(30-2)10-8-16/h7-13,17H,3-6,14-15H2,1-2H3,(H,25,29). The van der Waals surface area contributed by atoms with Crippen molar-refractivity contribution < 1.29 is 14.3 Å². The number of benzene rings is 1. The molecule has 0 bridgehead atoms. The van der Waals surface area contributed by atoms with Crippen molar-refractivity contribution in [2.75, 3.05) is 7.11 Å². The molecule has 1 aliphatic carbocycles. The van der Waals surface area contributed by atoms with Gasteiger partial charge in [0.2, 0.25) is 5.91 Å². The van der Waals surface area contributed by atoms with Crippen LogP contribution in [0.15, 0.2) is 41.8 Å². The van der Waals surface area contributed by atoms with E-state index >= 15 is 0 Å². The lowest BCUT2D eigenvalue weighted by molar-refractivity contribution is -0.133. The molecule has 1 aromatic carbocycles. The molecular formula is C24H27N3O3S. The number of amides is 2. The van der Waals surface area contributed by atoms with Gasteiger partial charge in [-0.3, -0.25) is 9.59 Å². The number of thiophene rings is 1. The first-order valence-corrected chi connectivity index (χ1v) is 11.7. The van der Waals surface area contributed by atoms with Crippen molar-refractivity contribution in [3.8, 4) is 5.75 Å². The van der Waals surface area contributed by atoms with Crippen molar-refractivity contribution in [3.05, 3.63) is 53.0 Å². The number of fused-ring (bicyclic) bond motifs is 3. The van der Waals surface area contributed by atoms with E-state index in [0.717, 1.165) is 47.2 Å². The second-order valence-corrected chi connectivity index (χ2v) is 9.70. The molecule has 6 nitrogen and oxygen atoms in total. The number of hydrogen-bond donors (Lipinski definition) is 1. The van der Waals surface area contributed by atoms with Crippen LogP contribution in [0.5, 0.6) is 5.75 Å². The number of methoxy groups -OCH3 is 1. The van der Waals surface area contributed by atoms with Crippen LogP contribution in [0.1, 0.15) is 48.7 Å². The topological polar surface area (TPSA) is 63.6 Å². The Balaban J connectivity index is 1.53. The van der Waals surface area contributed by atoms with Gasteiger partial charge in [-0.15, -0.1) is 11.3 Å². The van der Waals surface area contributed by atoms with Gasteiger partial charge in [0, 0.05) is 12.6 Å². The highest BCUT2D eigenvalue weighted by Crippen LogP contribution is 2.35. The zero-order chi connectivity index (χ0) is 21.6. The van der Waals surface area contributed by atoms with Gasteiger partial charge in [-0.2, -0.15) is 0 Å². The Labute approximate surface area is 185 Å². The molecule has 2 amide bonds. The maximum absolute atomic E-state index is 13.7. The van der Waals surface area contributed by atoms with E-state index in [1.54, 1.807) is 23.3 Å². The van der Waals surface area contributed by atoms with Crippen LogP contribution in [0, 0.1) is 0 Å². The smallest absolute Gasteiger partial charge is 0.271 e. The van der Waals surface area contributed by atoms with Crippen molar-refractivity contribution in [3.63, 3.8) is 0 Å². The third-order valence-corrected chi connectivity index (χ3v) is 7.58.